The van der Waals surface area contributed by atoms with Crippen molar-refractivity contribution in [1.29, 1.82) is 0 Å². The van der Waals surface area contributed by atoms with Gasteiger partial charge in [-0.05, 0) is 29.2 Å². The molecule has 0 atom stereocenters. The van der Waals surface area contributed by atoms with Crippen LogP contribution in [0.15, 0.2) is 24.3 Å². The highest BCUT2D eigenvalue weighted by Crippen LogP contribution is 2.30. The fourth-order valence-electron chi connectivity index (χ4n) is 2.09. The number of carbonyl (C=O) groups is 2. The molecule has 0 saturated carbocycles. The zero-order valence-electron chi connectivity index (χ0n) is 12.5. The Morgan fingerprint density at radius 1 is 1.19 bits per heavy atom. The van der Waals surface area contributed by atoms with E-state index in [1.54, 1.807) is 6.07 Å². The second-order valence-corrected chi connectivity index (χ2v) is 6.02. The van der Waals surface area contributed by atoms with Crippen LogP contribution in [0, 0.1) is 0 Å². The Hall–Kier alpha value is -2.43. The Morgan fingerprint density at radius 3 is 2.38 bits per heavy atom. The van der Waals surface area contributed by atoms with Crippen LogP contribution in [-0.4, -0.2) is 22.0 Å². The zero-order valence-corrected chi connectivity index (χ0v) is 12.5. The average molecular weight is 286 g/mol. The average Bonchev–Trinajstić information content (AvgIpc) is 2.36. The van der Waals surface area contributed by atoms with E-state index in [0.29, 0.717) is 11.2 Å². The Balaban J connectivity index is 2.73. The highest BCUT2D eigenvalue weighted by molar-refractivity contribution is 6.03. The zero-order chi connectivity index (χ0) is 15.8. The molecule has 1 aromatic carbocycles. The van der Waals surface area contributed by atoms with Crippen molar-refractivity contribution in [1.82, 2.24) is 4.98 Å². The van der Waals surface area contributed by atoms with Gasteiger partial charge in [0.1, 0.15) is 0 Å². The lowest BCUT2D eigenvalue weighted by Crippen LogP contribution is -2.12. The molecule has 0 aliphatic carbocycles. The van der Waals surface area contributed by atoms with Crippen LogP contribution in [0.25, 0.3) is 10.9 Å². The monoisotopic (exact) mass is 286 g/mol. The first kappa shape index (κ1) is 15.0. The van der Waals surface area contributed by atoms with E-state index in [0.717, 1.165) is 10.9 Å². The van der Waals surface area contributed by atoms with Crippen LogP contribution in [0.2, 0.25) is 0 Å². The molecular weight excluding hydrogens is 268 g/mol. The number of carboxylic acids is 1. The van der Waals surface area contributed by atoms with E-state index in [2.05, 4.69) is 31.1 Å². The Kier molecular flexibility index (Phi) is 3.68. The van der Waals surface area contributed by atoms with Gasteiger partial charge in [0.15, 0.2) is 5.69 Å². The van der Waals surface area contributed by atoms with Crippen molar-refractivity contribution in [3.8, 4) is 0 Å². The molecule has 0 aliphatic heterocycles. The molecule has 0 spiro atoms. The minimum atomic E-state index is -1.12. The Bertz CT molecular complexity index is 730. The van der Waals surface area contributed by atoms with E-state index >= 15 is 0 Å². The summed E-state index contributed by atoms with van der Waals surface area (Å²) in [6.07, 6.45) is 0. The van der Waals surface area contributed by atoms with E-state index < -0.39 is 5.97 Å². The van der Waals surface area contributed by atoms with Gasteiger partial charge in [0.05, 0.1) is 11.2 Å². The third-order valence-electron chi connectivity index (χ3n) is 3.20. The van der Waals surface area contributed by atoms with Crippen LogP contribution in [0.1, 0.15) is 43.7 Å². The number of nitrogens with one attached hydrogen (secondary N) is 1. The molecule has 0 bridgehead atoms. The number of fused-ring (bicyclic) bond motifs is 1. The first-order valence-electron chi connectivity index (χ1n) is 6.64. The Morgan fingerprint density at radius 2 is 1.86 bits per heavy atom. The summed E-state index contributed by atoms with van der Waals surface area (Å²) >= 11 is 0. The first-order valence-corrected chi connectivity index (χ1v) is 6.64. The maximum Gasteiger partial charge on any atom is 0.354 e. The quantitative estimate of drug-likeness (QED) is 0.888. The molecule has 0 aliphatic rings. The molecule has 110 valence electrons. The smallest absolute Gasteiger partial charge is 0.354 e. The minimum Gasteiger partial charge on any atom is -0.477 e. The topological polar surface area (TPSA) is 79.3 Å². The van der Waals surface area contributed by atoms with Crippen molar-refractivity contribution in [2.75, 3.05) is 5.32 Å². The Labute approximate surface area is 123 Å². The highest BCUT2D eigenvalue weighted by atomic mass is 16.4. The minimum absolute atomic E-state index is 0.0485. The standard InChI is InChI=1S/C16H18N2O3/c1-9(19)17-13-8-14(15(20)21)18-12-6-5-10(7-11(12)13)16(2,3)4/h5-8H,1-4H3,(H,20,21)(H,17,18,19). The summed E-state index contributed by atoms with van der Waals surface area (Å²) in [5, 5.41) is 12.5. The van der Waals surface area contributed by atoms with Crippen molar-refractivity contribution >= 4 is 28.5 Å². The summed E-state index contributed by atoms with van der Waals surface area (Å²) in [4.78, 5) is 26.6. The van der Waals surface area contributed by atoms with Gasteiger partial charge >= 0.3 is 5.97 Å². The molecule has 2 rings (SSSR count). The summed E-state index contributed by atoms with van der Waals surface area (Å²) in [7, 11) is 0. The fraction of sp³-hybridized carbons (Fsp3) is 0.312. The van der Waals surface area contributed by atoms with E-state index in [9.17, 15) is 9.59 Å². The van der Waals surface area contributed by atoms with Gasteiger partial charge in [0, 0.05) is 12.3 Å². The van der Waals surface area contributed by atoms with Crippen molar-refractivity contribution in [2.45, 2.75) is 33.1 Å². The number of benzene rings is 1. The number of pyridine rings is 1. The van der Waals surface area contributed by atoms with Crippen LogP contribution >= 0.6 is 0 Å². The van der Waals surface area contributed by atoms with Crippen molar-refractivity contribution < 1.29 is 14.7 Å². The van der Waals surface area contributed by atoms with Gasteiger partial charge in [0.25, 0.3) is 0 Å². The number of rotatable bonds is 2. The number of anilines is 1. The molecule has 2 N–H and O–H groups in total. The molecular formula is C16H18N2O3. The molecule has 5 nitrogen and oxygen atoms in total. The highest BCUT2D eigenvalue weighted by Gasteiger charge is 2.17. The van der Waals surface area contributed by atoms with Crippen molar-refractivity contribution in [2.24, 2.45) is 0 Å². The molecule has 0 radical (unpaired) electrons. The van der Waals surface area contributed by atoms with E-state index in [-0.39, 0.29) is 17.0 Å². The van der Waals surface area contributed by atoms with Gasteiger partial charge in [-0.1, -0.05) is 26.8 Å². The van der Waals surface area contributed by atoms with Gasteiger partial charge < -0.3 is 10.4 Å². The number of aromatic carboxylic acids is 1. The van der Waals surface area contributed by atoms with Crippen LogP contribution in [-0.2, 0) is 10.2 Å². The van der Waals surface area contributed by atoms with Crippen LogP contribution in [0.4, 0.5) is 5.69 Å². The predicted molar refractivity (Wildman–Crippen MR) is 81.7 cm³/mol. The van der Waals surface area contributed by atoms with Gasteiger partial charge in [-0.15, -0.1) is 0 Å². The van der Waals surface area contributed by atoms with Crippen molar-refractivity contribution in [3.05, 3.63) is 35.5 Å². The first-order chi connectivity index (χ1) is 9.68. The summed E-state index contributed by atoms with van der Waals surface area (Å²) < 4.78 is 0. The second kappa shape index (κ2) is 5.16. The van der Waals surface area contributed by atoms with Crippen LogP contribution in [0.5, 0.6) is 0 Å². The summed E-state index contributed by atoms with van der Waals surface area (Å²) in [6.45, 7) is 7.65. The fourth-order valence-corrected chi connectivity index (χ4v) is 2.09. The number of amides is 1. The normalized spacial score (nSPS) is 11.4. The van der Waals surface area contributed by atoms with Crippen LogP contribution in [0.3, 0.4) is 0 Å². The third kappa shape index (κ3) is 3.18. The lowest BCUT2D eigenvalue weighted by atomic mass is 9.86. The van der Waals surface area contributed by atoms with Gasteiger partial charge in [-0.3, -0.25) is 4.79 Å². The lowest BCUT2D eigenvalue weighted by molar-refractivity contribution is -0.114. The molecule has 1 heterocycles. The number of carboxylic acid groups (broad SMARTS) is 1. The van der Waals surface area contributed by atoms with Gasteiger partial charge in [-0.25, -0.2) is 9.78 Å². The van der Waals surface area contributed by atoms with E-state index in [1.807, 2.05) is 12.1 Å². The number of hydrogen-bond donors (Lipinski definition) is 2. The number of carbonyl (C=O) groups excluding carboxylic acids is 1. The molecule has 1 amide bonds. The second-order valence-electron chi connectivity index (χ2n) is 6.02. The van der Waals surface area contributed by atoms with E-state index in [1.165, 1.54) is 13.0 Å². The molecule has 1 aromatic heterocycles. The molecule has 2 aromatic rings. The molecule has 0 fully saturated rings. The van der Waals surface area contributed by atoms with Crippen molar-refractivity contribution in [3.63, 3.8) is 0 Å². The molecule has 0 unspecified atom stereocenters. The van der Waals surface area contributed by atoms with E-state index in [4.69, 9.17) is 5.11 Å². The van der Waals surface area contributed by atoms with Gasteiger partial charge in [0.2, 0.25) is 5.91 Å². The molecule has 0 saturated heterocycles. The SMILES string of the molecule is CC(=O)Nc1cc(C(=O)O)nc2ccc(C(C)(C)C)cc12. The summed E-state index contributed by atoms with van der Waals surface area (Å²) in [5.74, 6) is -1.37. The largest absolute Gasteiger partial charge is 0.477 e. The predicted octanol–water partition coefficient (Wildman–Crippen LogP) is 3.19. The number of nitrogens with zero attached hydrogens (tertiary/aromatic N) is 1. The number of hydrogen-bond acceptors (Lipinski definition) is 3. The summed E-state index contributed by atoms with van der Waals surface area (Å²) in [5.41, 5.74) is 1.97. The van der Waals surface area contributed by atoms with Gasteiger partial charge in [-0.2, -0.15) is 0 Å². The summed E-state index contributed by atoms with van der Waals surface area (Å²) in [6, 6.07) is 7.05. The molecule has 21 heavy (non-hydrogen) atoms. The molecule has 5 heteroatoms. The maximum atomic E-state index is 11.3. The third-order valence-corrected chi connectivity index (χ3v) is 3.20. The number of aromatic nitrogens is 1. The lowest BCUT2D eigenvalue weighted by Gasteiger charge is -2.20. The maximum absolute atomic E-state index is 11.3. The van der Waals surface area contributed by atoms with Crippen LogP contribution < -0.4 is 5.32 Å².